The zero-order valence-corrected chi connectivity index (χ0v) is 18.3. The lowest BCUT2D eigenvalue weighted by atomic mass is 9.82. The molecule has 0 aromatic carbocycles. The lowest BCUT2D eigenvalue weighted by Gasteiger charge is -2.41. The molecule has 0 fully saturated rings. The van der Waals surface area contributed by atoms with Crippen LogP contribution >= 0.6 is 0 Å². The van der Waals surface area contributed by atoms with Gasteiger partial charge in [0.15, 0.2) is 8.32 Å². The van der Waals surface area contributed by atoms with E-state index in [-0.39, 0.29) is 29.3 Å². The van der Waals surface area contributed by atoms with Crippen molar-refractivity contribution < 1.29 is 24.2 Å². The van der Waals surface area contributed by atoms with E-state index >= 15 is 0 Å². The number of amides is 1. The Kier molecular flexibility index (Phi) is 8.16. The maximum atomic E-state index is 12.2. The van der Waals surface area contributed by atoms with Crippen molar-refractivity contribution in [3.63, 3.8) is 0 Å². The number of alkyl carbamates (subject to hydrolysis) is 1. The number of hydrogen-bond acceptors (Lipinski definition) is 4. The molecule has 0 bridgehead atoms. The van der Waals surface area contributed by atoms with Crippen molar-refractivity contribution in [2.45, 2.75) is 91.1 Å². The average molecular weight is 376 g/mol. The Labute approximate surface area is 153 Å². The van der Waals surface area contributed by atoms with E-state index in [0.717, 1.165) is 0 Å². The first-order valence-electron chi connectivity index (χ1n) is 8.90. The van der Waals surface area contributed by atoms with Crippen LogP contribution in [0.4, 0.5) is 4.79 Å². The zero-order valence-electron chi connectivity index (χ0n) is 17.3. The third kappa shape index (κ3) is 8.72. The third-order valence-electron chi connectivity index (χ3n) is 4.78. The van der Waals surface area contributed by atoms with Crippen molar-refractivity contribution in [2.24, 2.45) is 11.8 Å². The lowest BCUT2D eigenvalue weighted by molar-refractivity contribution is -0.138. The molecule has 7 heteroatoms. The molecule has 0 aliphatic heterocycles. The standard InChI is InChI=1S/C18H37NO5Si/c1-12(2)15(19-16(22)24-17(3,4)5)13(10-14(20)21)11-18(6,7)25(8,9)23/h12-13,15,23H,10-11H2,1-9H3,(H,19,22)(H,20,21)/t13-,15-/m1/s1. The Morgan fingerprint density at radius 3 is 1.92 bits per heavy atom. The molecule has 0 spiro atoms. The molecule has 0 aromatic rings. The molecule has 25 heavy (non-hydrogen) atoms. The van der Waals surface area contributed by atoms with E-state index in [1.54, 1.807) is 20.8 Å². The quantitative estimate of drug-likeness (QED) is 0.557. The Morgan fingerprint density at radius 2 is 1.60 bits per heavy atom. The summed E-state index contributed by atoms with van der Waals surface area (Å²) in [5.41, 5.74) is -0.618. The van der Waals surface area contributed by atoms with Gasteiger partial charge in [-0.15, -0.1) is 0 Å². The molecule has 1 amide bonds. The number of nitrogens with one attached hydrogen (secondary N) is 1. The van der Waals surface area contributed by atoms with Gasteiger partial charge in [-0.1, -0.05) is 27.7 Å². The van der Waals surface area contributed by atoms with Crippen LogP contribution in [0.15, 0.2) is 0 Å². The summed E-state index contributed by atoms with van der Waals surface area (Å²) in [5, 5.41) is 11.8. The molecule has 148 valence electrons. The molecule has 0 radical (unpaired) electrons. The molecule has 0 heterocycles. The number of carbonyl (C=O) groups excluding carboxylic acids is 1. The number of hydrogen-bond donors (Lipinski definition) is 3. The van der Waals surface area contributed by atoms with E-state index in [0.29, 0.717) is 6.42 Å². The molecule has 0 saturated carbocycles. The molecule has 6 nitrogen and oxygen atoms in total. The topological polar surface area (TPSA) is 95.9 Å². The first-order valence-corrected chi connectivity index (χ1v) is 11.8. The van der Waals surface area contributed by atoms with Gasteiger partial charge < -0.3 is 20.0 Å². The fourth-order valence-electron chi connectivity index (χ4n) is 2.73. The molecule has 3 N–H and O–H groups in total. The third-order valence-corrected chi connectivity index (χ3v) is 8.29. The molecule has 0 aromatic heterocycles. The van der Waals surface area contributed by atoms with Gasteiger partial charge in [-0.2, -0.15) is 0 Å². The SMILES string of the molecule is CC(C)[C@@H](NC(=O)OC(C)(C)C)[C@H](CC(=O)O)CC(C)(C)[Si](C)(C)O. The molecule has 0 aliphatic rings. The number of carbonyl (C=O) groups is 2. The van der Waals surface area contributed by atoms with Gasteiger partial charge in [0.1, 0.15) is 5.60 Å². The number of ether oxygens (including phenoxy) is 1. The molecule has 0 rings (SSSR count). The van der Waals surface area contributed by atoms with Crippen LogP contribution in [-0.4, -0.2) is 41.9 Å². The normalized spacial score (nSPS) is 15.6. The number of carboxylic acids is 1. The summed E-state index contributed by atoms with van der Waals surface area (Å²) in [6, 6.07) is -0.346. The second-order valence-corrected chi connectivity index (χ2v) is 13.9. The predicted octanol–water partition coefficient (Wildman–Crippen LogP) is 3.99. The number of aliphatic carboxylic acids is 1. The highest BCUT2D eigenvalue weighted by Gasteiger charge is 2.42. The summed E-state index contributed by atoms with van der Waals surface area (Å²) in [4.78, 5) is 34.2. The highest BCUT2D eigenvalue weighted by molar-refractivity contribution is 6.72. The smallest absolute Gasteiger partial charge is 0.407 e. The first kappa shape index (κ1) is 23.9. The molecule has 0 saturated heterocycles. The van der Waals surface area contributed by atoms with E-state index in [4.69, 9.17) is 4.74 Å². The maximum Gasteiger partial charge on any atom is 0.407 e. The molecular weight excluding hydrogens is 338 g/mol. The van der Waals surface area contributed by atoms with Crippen molar-refractivity contribution >= 4 is 20.4 Å². The van der Waals surface area contributed by atoms with E-state index < -0.39 is 26.0 Å². The highest BCUT2D eigenvalue weighted by Crippen LogP contribution is 2.43. The highest BCUT2D eigenvalue weighted by atomic mass is 28.4. The summed E-state index contributed by atoms with van der Waals surface area (Å²) in [5.74, 6) is -1.16. The zero-order chi connectivity index (χ0) is 20.2. The van der Waals surface area contributed by atoms with Crippen LogP contribution in [0.1, 0.15) is 61.3 Å². The summed E-state index contributed by atoms with van der Waals surface area (Å²) in [7, 11) is -2.49. The van der Waals surface area contributed by atoms with E-state index in [2.05, 4.69) is 5.32 Å². The van der Waals surface area contributed by atoms with Gasteiger partial charge in [-0.3, -0.25) is 4.79 Å². The van der Waals surface area contributed by atoms with E-state index in [1.165, 1.54) is 0 Å². The largest absolute Gasteiger partial charge is 0.481 e. The molecule has 2 atom stereocenters. The average Bonchev–Trinajstić information content (AvgIpc) is 2.30. The maximum absolute atomic E-state index is 12.2. The monoisotopic (exact) mass is 375 g/mol. The minimum atomic E-state index is -2.49. The van der Waals surface area contributed by atoms with Gasteiger partial charge in [0.2, 0.25) is 0 Å². The van der Waals surface area contributed by atoms with Gasteiger partial charge in [-0.05, 0) is 57.2 Å². The number of carboxylic acid groups (broad SMARTS) is 1. The second-order valence-electron chi connectivity index (χ2n) is 9.42. The van der Waals surface area contributed by atoms with Gasteiger partial charge in [0.05, 0.1) is 6.42 Å². The Balaban J connectivity index is 5.47. The molecule has 0 aliphatic carbocycles. The Bertz CT molecular complexity index is 463. The Hall–Kier alpha value is -1.08. The minimum absolute atomic E-state index is 0.0381. The lowest BCUT2D eigenvalue weighted by Crippen LogP contribution is -2.49. The van der Waals surface area contributed by atoms with E-state index in [1.807, 2.05) is 40.8 Å². The fraction of sp³-hybridized carbons (Fsp3) is 0.889. The van der Waals surface area contributed by atoms with Crippen molar-refractivity contribution in [1.29, 1.82) is 0 Å². The van der Waals surface area contributed by atoms with Gasteiger partial charge in [0.25, 0.3) is 0 Å². The van der Waals surface area contributed by atoms with Crippen LogP contribution in [0, 0.1) is 11.8 Å². The van der Waals surface area contributed by atoms with Crippen LogP contribution in [0.5, 0.6) is 0 Å². The van der Waals surface area contributed by atoms with Gasteiger partial charge >= 0.3 is 12.1 Å². The van der Waals surface area contributed by atoms with Crippen molar-refractivity contribution in [1.82, 2.24) is 5.32 Å². The van der Waals surface area contributed by atoms with Crippen LogP contribution in [-0.2, 0) is 9.53 Å². The summed E-state index contributed by atoms with van der Waals surface area (Å²) < 4.78 is 5.33. The van der Waals surface area contributed by atoms with Gasteiger partial charge in [-0.25, -0.2) is 4.79 Å². The van der Waals surface area contributed by atoms with Crippen LogP contribution in [0.3, 0.4) is 0 Å². The Morgan fingerprint density at radius 1 is 1.12 bits per heavy atom. The van der Waals surface area contributed by atoms with Crippen LogP contribution in [0.2, 0.25) is 18.1 Å². The van der Waals surface area contributed by atoms with Crippen LogP contribution < -0.4 is 5.32 Å². The van der Waals surface area contributed by atoms with Gasteiger partial charge in [0, 0.05) is 6.04 Å². The summed E-state index contributed by atoms with van der Waals surface area (Å²) >= 11 is 0. The first-order chi connectivity index (χ1) is 11.0. The minimum Gasteiger partial charge on any atom is -0.481 e. The number of rotatable bonds is 8. The van der Waals surface area contributed by atoms with Crippen molar-refractivity contribution in [2.75, 3.05) is 0 Å². The van der Waals surface area contributed by atoms with E-state index in [9.17, 15) is 19.5 Å². The van der Waals surface area contributed by atoms with Crippen LogP contribution in [0.25, 0.3) is 0 Å². The van der Waals surface area contributed by atoms with Crippen molar-refractivity contribution in [3.8, 4) is 0 Å². The summed E-state index contributed by atoms with van der Waals surface area (Å²) in [6.45, 7) is 16.9. The molecular formula is C18H37NO5Si. The second kappa shape index (κ2) is 8.53. The summed E-state index contributed by atoms with van der Waals surface area (Å²) in [6.07, 6.45) is -0.0832. The van der Waals surface area contributed by atoms with Crippen molar-refractivity contribution in [3.05, 3.63) is 0 Å². The fourth-order valence-corrected chi connectivity index (χ4v) is 3.49. The predicted molar refractivity (Wildman–Crippen MR) is 102 cm³/mol. The molecule has 0 unspecified atom stereocenters.